The minimum absolute atomic E-state index is 0.614. The topological polar surface area (TPSA) is 35.2 Å². The van der Waals surface area contributed by atoms with E-state index in [1.54, 1.807) is 0 Å². The van der Waals surface area contributed by atoms with Crippen molar-refractivity contribution in [3.63, 3.8) is 0 Å². The second-order valence-corrected chi connectivity index (χ2v) is 4.75. The first-order valence-electron chi connectivity index (χ1n) is 6.76. The van der Waals surface area contributed by atoms with Gasteiger partial charge in [-0.25, -0.2) is 0 Å². The van der Waals surface area contributed by atoms with Gasteiger partial charge in [0.15, 0.2) is 0 Å². The summed E-state index contributed by atoms with van der Waals surface area (Å²) in [6.07, 6.45) is 2.08. The Labute approximate surface area is 115 Å². The van der Waals surface area contributed by atoms with E-state index in [9.17, 15) is 0 Å². The first kappa shape index (κ1) is 13.6. The van der Waals surface area contributed by atoms with Gasteiger partial charge in [0.05, 0.1) is 0 Å². The van der Waals surface area contributed by atoms with E-state index in [-0.39, 0.29) is 0 Å². The number of benzene rings is 2. The van der Waals surface area contributed by atoms with E-state index >= 15 is 0 Å². The summed E-state index contributed by atoms with van der Waals surface area (Å²) < 4.78 is 5.81. The molecule has 0 atom stereocenters. The van der Waals surface area contributed by atoms with E-state index in [4.69, 9.17) is 10.5 Å². The fourth-order valence-electron chi connectivity index (χ4n) is 2.07. The SMILES string of the molecule is Cc1cc(OCc2ccccc2)ccc1CCCN. The van der Waals surface area contributed by atoms with E-state index in [1.165, 1.54) is 16.7 Å². The van der Waals surface area contributed by atoms with Gasteiger partial charge in [-0.3, -0.25) is 0 Å². The Morgan fingerprint density at radius 2 is 1.84 bits per heavy atom. The number of rotatable bonds is 6. The molecular weight excluding hydrogens is 234 g/mol. The summed E-state index contributed by atoms with van der Waals surface area (Å²) in [5.41, 5.74) is 9.37. The predicted molar refractivity (Wildman–Crippen MR) is 79.3 cm³/mol. The van der Waals surface area contributed by atoms with Crippen molar-refractivity contribution in [3.05, 3.63) is 65.2 Å². The molecule has 0 bridgehead atoms. The van der Waals surface area contributed by atoms with Crippen LogP contribution in [0.3, 0.4) is 0 Å². The maximum Gasteiger partial charge on any atom is 0.120 e. The molecular formula is C17H21NO. The third-order valence-electron chi connectivity index (χ3n) is 3.21. The first-order valence-corrected chi connectivity index (χ1v) is 6.76. The molecule has 0 aliphatic rings. The molecule has 100 valence electrons. The largest absolute Gasteiger partial charge is 0.489 e. The van der Waals surface area contributed by atoms with Crippen molar-refractivity contribution in [1.29, 1.82) is 0 Å². The van der Waals surface area contributed by atoms with Crippen LogP contribution in [0.4, 0.5) is 0 Å². The zero-order chi connectivity index (χ0) is 13.5. The standard InChI is InChI=1S/C17H21NO/c1-14-12-17(10-9-16(14)8-5-11-18)19-13-15-6-3-2-4-7-15/h2-4,6-7,9-10,12H,5,8,11,13,18H2,1H3. The highest BCUT2D eigenvalue weighted by molar-refractivity contribution is 5.35. The predicted octanol–water partition coefficient (Wildman–Crippen LogP) is 3.47. The molecule has 19 heavy (non-hydrogen) atoms. The Kier molecular flexibility index (Phi) is 4.99. The van der Waals surface area contributed by atoms with Crippen LogP contribution in [-0.4, -0.2) is 6.54 Å². The molecule has 0 aliphatic heterocycles. The van der Waals surface area contributed by atoms with Crippen molar-refractivity contribution in [3.8, 4) is 5.75 Å². The summed E-state index contributed by atoms with van der Waals surface area (Å²) in [5, 5.41) is 0. The number of ether oxygens (including phenoxy) is 1. The van der Waals surface area contributed by atoms with Crippen molar-refractivity contribution in [2.24, 2.45) is 5.73 Å². The van der Waals surface area contributed by atoms with Gasteiger partial charge < -0.3 is 10.5 Å². The lowest BCUT2D eigenvalue weighted by Crippen LogP contribution is -2.02. The van der Waals surface area contributed by atoms with E-state index in [0.29, 0.717) is 6.61 Å². The minimum Gasteiger partial charge on any atom is -0.489 e. The van der Waals surface area contributed by atoms with Crippen LogP contribution < -0.4 is 10.5 Å². The Bertz CT molecular complexity index is 508. The van der Waals surface area contributed by atoms with Gasteiger partial charge >= 0.3 is 0 Å². The van der Waals surface area contributed by atoms with Gasteiger partial charge in [-0.2, -0.15) is 0 Å². The molecule has 2 rings (SSSR count). The molecule has 2 nitrogen and oxygen atoms in total. The van der Waals surface area contributed by atoms with Crippen molar-refractivity contribution in [1.82, 2.24) is 0 Å². The number of hydrogen-bond donors (Lipinski definition) is 1. The zero-order valence-corrected chi connectivity index (χ0v) is 11.4. The lowest BCUT2D eigenvalue weighted by Gasteiger charge is -2.10. The second kappa shape index (κ2) is 6.95. The maximum atomic E-state index is 5.81. The highest BCUT2D eigenvalue weighted by Gasteiger charge is 2.01. The highest BCUT2D eigenvalue weighted by atomic mass is 16.5. The fraction of sp³-hybridized carbons (Fsp3) is 0.294. The zero-order valence-electron chi connectivity index (χ0n) is 11.4. The first-order chi connectivity index (χ1) is 9.29. The van der Waals surface area contributed by atoms with Gasteiger partial charge in [-0.15, -0.1) is 0 Å². The van der Waals surface area contributed by atoms with Crippen LogP contribution in [-0.2, 0) is 13.0 Å². The minimum atomic E-state index is 0.614. The van der Waals surface area contributed by atoms with Crippen molar-refractivity contribution >= 4 is 0 Å². The van der Waals surface area contributed by atoms with E-state index in [1.807, 2.05) is 24.3 Å². The van der Waals surface area contributed by atoms with E-state index in [0.717, 1.165) is 25.1 Å². The van der Waals surface area contributed by atoms with Crippen LogP contribution in [0.1, 0.15) is 23.1 Å². The van der Waals surface area contributed by atoms with Crippen molar-refractivity contribution in [2.75, 3.05) is 6.54 Å². The average molecular weight is 255 g/mol. The molecule has 0 heterocycles. The molecule has 0 amide bonds. The molecule has 0 aromatic heterocycles. The fourth-order valence-corrected chi connectivity index (χ4v) is 2.07. The second-order valence-electron chi connectivity index (χ2n) is 4.75. The molecule has 0 saturated heterocycles. The van der Waals surface area contributed by atoms with Crippen LogP contribution in [0, 0.1) is 6.92 Å². The molecule has 0 radical (unpaired) electrons. The van der Waals surface area contributed by atoms with Crippen molar-refractivity contribution in [2.45, 2.75) is 26.4 Å². The number of hydrogen-bond acceptors (Lipinski definition) is 2. The van der Waals surface area contributed by atoms with Crippen LogP contribution in [0.25, 0.3) is 0 Å². The maximum absolute atomic E-state index is 5.81. The molecule has 2 aromatic rings. The monoisotopic (exact) mass is 255 g/mol. The highest BCUT2D eigenvalue weighted by Crippen LogP contribution is 2.19. The number of aryl methyl sites for hydroxylation is 2. The number of nitrogens with two attached hydrogens (primary N) is 1. The molecule has 2 aromatic carbocycles. The Morgan fingerprint density at radius 3 is 2.53 bits per heavy atom. The average Bonchev–Trinajstić information content (AvgIpc) is 2.45. The van der Waals surface area contributed by atoms with Gasteiger partial charge in [0.2, 0.25) is 0 Å². The summed E-state index contributed by atoms with van der Waals surface area (Å²) >= 11 is 0. The molecule has 2 N–H and O–H groups in total. The molecule has 0 saturated carbocycles. The lowest BCUT2D eigenvalue weighted by atomic mass is 10.0. The lowest BCUT2D eigenvalue weighted by molar-refractivity contribution is 0.306. The van der Waals surface area contributed by atoms with Crippen LogP contribution in [0.2, 0.25) is 0 Å². The van der Waals surface area contributed by atoms with Gasteiger partial charge in [0, 0.05) is 0 Å². The normalized spacial score (nSPS) is 10.4. The summed E-state index contributed by atoms with van der Waals surface area (Å²) in [6, 6.07) is 16.5. The summed E-state index contributed by atoms with van der Waals surface area (Å²) in [6.45, 7) is 3.48. The Hall–Kier alpha value is -1.80. The van der Waals surface area contributed by atoms with E-state index in [2.05, 4.69) is 31.2 Å². The third-order valence-corrected chi connectivity index (χ3v) is 3.21. The van der Waals surface area contributed by atoms with Crippen LogP contribution in [0.5, 0.6) is 5.75 Å². The van der Waals surface area contributed by atoms with E-state index < -0.39 is 0 Å². The summed E-state index contributed by atoms with van der Waals surface area (Å²) in [7, 11) is 0. The Morgan fingerprint density at radius 1 is 1.05 bits per heavy atom. The van der Waals surface area contributed by atoms with Crippen LogP contribution in [0.15, 0.2) is 48.5 Å². The molecule has 0 unspecified atom stereocenters. The van der Waals surface area contributed by atoms with Gasteiger partial charge in [-0.1, -0.05) is 36.4 Å². The van der Waals surface area contributed by atoms with Crippen LogP contribution >= 0.6 is 0 Å². The summed E-state index contributed by atoms with van der Waals surface area (Å²) in [4.78, 5) is 0. The van der Waals surface area contributed by atoms with Gasteiger partial charge in [-0.05, 0) is 55.1 Å². The smallest absolute Gasteiger partial charge is 0.120 e. The third kappa shape index (κ3) is 4.11. The molecule has 0 fully saturated rings. The molecule has 2 heteroatoms. The van der Waals surface area contributed by atoms with Crippen molar-refractivity contribution < 1.29 is 4.74 Å². The summed E-state index contributed by atoms with van der Waals surface area (Å²) in [5.74, 6) is 0.929. The van der Waals surface area contributed by atoms with Gasteiger partial charge in [0.25, 0.3) is 0 Å². The molecule has 0 spiro atoms. The van der Waals surface area contributed by atoms with Gasteiger partial charge in [0.1, 0.15) is 12.4 Å². The molecule has 0 aliphatic carbocycles. The Balaban J connectivity index is 1.96. The quantitative estimate of drug-likeness (QED) is 0.858.